The van der Waals surface area contributed by atoms with Gasteiger partial charge in [0.05, 0.1) is 4.34 Å². The fraction of sp³-hybridized carbons (Fsp3) is 0.231. The van der Waals surface area contributed by atoms with Crippen molar-refractivity contribution in [3.8, 4) is 0 Å². The van der Waals surface area contributed by atoms with E-state index in [1.807, 2.05) is 0 Å². The van der Waals surface area contributed by atoms with Crippen LogP contribution in [0, 0.1) is 13.8 Å². The zero-order valence-electron chi connectivity index (χ0n) is 18.6. The minimum absolute atomic E-state index is 0.301. The first-order chi connectivity index (χ1) is 15.9. The molecule has 33 heavy (non-hydrogen) atoms. The molecule has 1 aliphatic heterocycles. The van der Waals surface area contributed by atoms with Crippen molar-refractivity contribution in [3.05, 3.63) is 93.5 Å². The number of benzene rings is 2. The maximum absolute atomic E-state index is 13.0. The predicted molar refractivity (Wildman–Crippen MR) is 138 cm³/mol. The van der Waals surface area contributed by atoms with Gasteiger partial charge in [-0.3, -0.25) is 0 Å². The highest BCUT2D eigenvalue weighted by atomic mass is 35.5. The van der Waals surface area contributed by atoms with E-state index in [-0.39, 0.29) is 0 Å². The molecule has 0 N–H and O–H groups in total. The lowest BCUT2D eigenvalue weighted by atomic mass is 9.97. The minimum Gasteiger partial charge on any atom is -0.340 e. The van der Waals surface area contributed by atoms with Gasteiger partial charge in [-0.05, 0) is 55.2 Å². The highest BCUT2D eigenvalue weighted by molar-refractivity contribution is 7.91. The van der Waals surface area contributed by atoms with Crippen LogP contribution in [-0.4, -0.2) is 30.4 Å². The van der Waals surface area contributed by atoms with E-state index in [2.05, 4.69) is 73.0 Å². The van der Waals surface area contributed by atoms with Gasteiger partial charge in [0.25, 0.3) is 10.0 Å². The van der Waals surface area contributed by atoms with Gasteiger partial charge >= 0.3 is 0 Å². The van der Waals surface area contributed by atoms with E-state index >= 15 is 0 Å². The second-order valence-electron chi connectivity index (χ2n) is 8.39. The molecule has 5 rings (SSSR count). The molecule has 0 atom stereocenters. The number of halogens is 1. The van der Waals surface area contributed by atoms with E-state index in [9.17, 15) is 8.42 Å². The summed E-state index contributed by atoms with van der Waals surface area (Å²) >= 11 is 7.08. The van der Waals surface area contributed by atoms with Gasteiger partial charge in [-0.2, -0.15) is 4.31 Å². The van der Waals surface area contributed by atoms with Gasteiger partial charge in [0.1, 0.15) is 4.21 Å². The van der Waals surface area contributed by atoms with Gasteiger partial charge in [0.15, 0.2) is 0 Å². The Morgan fingerprint density at radius 1 is 1.00 bits per heavy atom. The number of hydrogen-bond donors (Lipinski definition) is 0. The smallest absolute Gasteiger partial charge is 0.252 e. The largest absolute Gasteiger partial charge is 0.340 e. The summed E-state index contributed by atoms with van der Waals surface area (Å²) in [7, 11) is -3.52. The minimum atomic E-state index is -3.52. The maximum atomic E-state index is 13.0. The Balaban J connectivity index is 1.51. The third-order valence-electron chi connectivity index (χ3n) is 6.46. The fourth-order valence-electron chi connectivity index (χ4n) is 4.66. The van der Waals surface area contributed by atoms with Crippen molar-refractivity contribution in [2.45, 2.75) is 31.0 Å². The highest BCUT2D eigenvalue weighted by Crippen LogP contribution is 2.36. The van der Waals surface area contributed by atoms with Gasteiger partial charge in [0.2, 0.25) is 0 Å². The molecule has 0 saturated heterocycles. The molecule has 4 nitrogen and oxygen atoms in total. The summed E-state index contributed by atoms with van der Waals surface area (Å²) in [5.74, 6) is 0. The molecule has 0 aliphatic carbocycles. The van der Waals surface area contributed by atoms with E-state index in [0.717, 1.165) is 17.9 Å². The van der Waals surface area contributed by atoms with Crippen LogP contribution in [0.2, 0.25) is 4.34 Å². The molecule has 2 aromatic carbocycles. The zero-order chi connectivity index (χ0) is 23.2. The molecule has 3 heterocycles. The lowest BCUT2D eigenvalue weighted by Crippen LogP contribution is -2.34. The van der Waals surface area contributed by atoms with Crippen molar-refractivity contribution in [1.29, 1.82) is 0 Å². The van der Waals surface area contributed by atoms with Crippen molar-refractivity contribution in [1.82, 2.24) is 8.87 Å². The van der Waals surface area contributed by atoms with E-state index in [1.165, 1.54) is 38.9 Å². The number of nitrogens with zero attached hydrogens (tertiary/aromatic N) is 2. The topological polar surface area (TPSA) is 42.3 Å². The van der Waals surface area contributed by atoms with E-state index in [1.54, 1.807) is 16.4 Å². The number of hydrogen-bond acceptors (Lipinski definition) is 3. The number of sulfonamides is 1. The van der Waals surface area contributed by atoms with Crippen LogP contribution in [0.15, 0.2) is 70.9 Å². The van der Waals surface area contributed by atoms with Crippen molar-refractivity contribution in [2.24, 2.45) is 0 Å². The second kappa shape index (κ2) is 8.76. The second-order valence-corrected chi connectivity index (χ2v) is 12.3. The molecule has 4 aromatic rings. The Labute approximate surface area is 203 Å². The van der Waals surface area contributed by atoms with Crippen LogP contribution in [-0.2, 0) is 16.6 Å². The Morgan fingerprint density at radius 2 is 1.76 bits per heavy atom. The molecular weight excluding hydrogens is 472 g/mol. The summed E-state index contributed by atoms with van der Waals surface area (Å²) in [5.41, 5.74) is 7.45. The van der Waals surface area contributed by atoms with Gasteiger partial charge in [-0.15, -0.1) is 11.3 Å². The molecule has 0 spiro atoms. The summed E-state index contributed by atoms with van der Waals surface area (Å²) in [6.07, 6.45) is 2.75. The summed E-state index contributed by atoms with van der Waals surface area (Å²) in [6, 6.07) is 20.2. The molecule has 0 bridgehead atoms. The van der Waals surface area contributed by atoms with Crippen LogP contribution in [0.3, 0.4) is 0 Å². The molecule has 1 aliphatic rings. The fourth-order valence-corrected chi connectivity index (χ4v) is 7.68. The van der Waals surface area contributed by atoms with Crippen molar-refractivity contribution >= 4 is 49.4 Å². The Bertz CT molecular complexity index is 1480. The summed E-state index contributed by atoms with van der Waals surface area (Å²) in [6.45, 7) is 5.96. The highest BCUT2D eigenvalue weighted by Gasteiger charge is 2.29. The maximum Gasteiger partial charge on any atom is 0.252 e. The molecule has 170 valence electrons. The van der Waals surface area contributed by atoms with Crippen molar-refractivity contribution in [2.75, 3.05) is 13.1 Å². The SMILES string of the molecule is Cc1ccccc1Cn1c(C)c(C2=CCN(S(=O)(=O)c3ccc(Cl)s3)CC2)c2ccccc21. The monoisotopic (exact) mass is 496 g/mol. The molecule has 0 amide bonds. The quantitative estimate of drug-likeness (QED) is 0.316. The van der Waals surface area contributed by atoms with Crippen molar-refractivity contribution in [3.63, 3.8) is 0 Å². The normalized spacial score (nSPS) is 15.2. The first-order valence-electron chi connectivity index (χ1n) is 10.9. The van der Waals surface area contributed by atoms with Crippen LogP contribution >= 0.6 is 22.9 Å². The average Bonchev–Trinajstić information content (AvgIpc) is 3.37. The van der Waals surface area contributed by atoms with Crippen LogP contribution in [0.1, 0.15) is 28.8 Å². The first-order valence-corrected chi connectivity index (χ1v) is 13.6. The number of aromatic nitrogens is 1. The molecule has 0 radical (unpaired) electrons. The number of rotatable bonds is 5. The van der Waals surface area contributed by atoms with Crippen LogP contribution < -0.4 is 0 Å². The third kappa shape index (κ3) is 4.06. The van der Waals surface area contributed by atoms with Crippen LogP contribution in [0.5, 0.6) is 0 Å². The van der Waals surface area contributed by atoms with E-state index in [0.29, 0.717) is 28.1 Å². The molecule has 0 unspecified atom stereocenters. The molecule has 0 fully saturated rings. The molecule has 7 heteroatoms. The van der Waals surface area contributed by atoms with Gasteiger partial charge < -0.3 is 4.57 Å². The lowest BCUT2D eigenvalue weighted by molar-refractivity contribution is 0.442. The lowest BCUT2D eigenvalue weighted by Gasteiger charge is -2.25. The number of para-hydroxylation sites is 1. The molecule has 0 saturated carbocycles. The zero-order valence-corrected chi connectivity index (χ0v) is 21.0. The molecule has 2 aromatic heterocycles. The molecular formula is C26H25ClN2O2S2. The number of aryl methyl sites for hydroxylation is 1. The Morgan fingerprint density at radius 3 is 2.45 bits per heavy atom. The Kier molecular flexibility index (Phi) is 5.95. The summed E-state index contributed by atoms with van der Waals surface area (Å²) < 4.78 is 30.7. The van der Waals surface area contributed by atoms with E-state index < -0.39 is 10.0 Å². The number of fused-ring (bicyclic) bond motifs is 1. The first kappa shape index (κ1) is 22.4. The van der Waals surface area contributed by atoms with Gasteiger partial charge in [-0.25, -0.2) is 8.42 Å². The summed E-state index contributed by atoms with van der Waals surface area (Å²) in [4.78, 5) is 0. The third-order valence-corrected chi connectivity index (χ3v) is 10.0. The Hall–Kier alpha value is -2.38. The van der Waals surface area contributed by atoms with E-state index in [4.69, 9.17) is 11.6 Å². The van der Waals surface area contributed by atoms with Crippen LogP contribution in [0.4, 0.5) is 0 Å². The van der Waals surface area contributed by atoms with Gasteiger partial charge in [-0.1, -0.05) is 60.1 Å². The number of thiophene rings is 1. The summed E-state index contributed by atoms with van der Waals surface area (Å²) in [5, 5.41) is 1.22. The predicted octanol–water partition coefficient (Wildman–Crippen LogP) is 6.50. The van der Waals surface area contributed by atoms with Crippen LogP contribution in [0.25, 0.3) is 16.5 Å². The standard InChI is InChI=1S/C26H25ClN2O2S2/c1-18-7-3-4-8-21(18)17-29-19(2)26(22-9-5-6-10-23(22)29)20-13-15-28(16-14-20)33(30,31)25-12-11-24(27)32-25/h3-13H,14-17H2,1-2H3. The van der Waals surface area contributed by atoms with Gasteiger partial charge in [0, 0.05) is 41.8 Å². The van der Waals surface area contributed by atoms with Crippen molar-refractivity contribution < 1.29 is 8.42 Å². The average molecular weight is 497 g/mol.